The fourth-order valence-corrected chi connectivity index (χ4v) is 5.37. The van der Waals surface area contributed by atoms with E-state index in [9.17, 15) is 4.79 Å². The third-order valence-electron chi connectivity index (χ3n) is 8.00. The topological polar surface area (TPSA) is 136 Å². The summed E-state index contributed by atoms with van der Waals surface area (Å²) in [5.74, 6) is 2.66. The van der Waals surface area contributed by atoms with E-state index in [0.717, 1.165) is 35.3 Å². The van der Waals surface area contributed by atoms with E-state index in [2.05, 4.69) is 56.2 Å². The number of hydrogen-bond acceptors (Lipinski definition) is 10. The minimum atomic E-state index is -0.513. The maximum Gasteiger partial charge on any atom is 0.410 e. The Kier molecular flexibility index (Phi) is 7.04. The number of aromatic nitrogens is 5. The molecule has 4 aromatic rings. The highest BCUT2D eigenvalue weighted by molar-refractivity contribution is 5.68. The minimum Gasteiger partial charge on any atom is -0.444 e. The molecule has 0 unspecified atom stereocenters. The van der Waals surface area contributed by atoms with Crippen LogP contribution in [0.3, 0.4) is 0 Å². The third kappa shape index (κ3) is 5.63. The number of nitrogens with two attached hydrogens (primary N) is 1. The molecule has 3 aromatic heterocycles. The van der Waals surface area contributed by atoms with Crippen LogP contribution >= 0.6 is 0 Å². The van der Waals surface area contributed by atoms with Crippen LogP contribution in [0.1, 0.15) is 51.9 Å². The molecule has 0 bridgehead atoms. The number of anilines is 2. The van der Waals surface area contributed by atoms with E-state index >= 15 is 0 Å². The number of carbonyl (C=O) groups excluding carboxylic acids is 1. The zero-order chi connectivity index (χ0) is 29.5. The van der Waals surface area contributed by atoms with Crippen LogP contribution in [0, 0.1) is 5.92 Å². The van der Waals surface area contributed by atoms with Crippen LogP contribution in [-0.4, -0.2) is 67.9 Å². The minimum absolute atomic E-state index is 0.288. The van der Waals surface area contributed by atoms with Gasteiger partial charge in [0.15, 0.2) is 5.82 Å². The Balaban J connectivity index is 1.15. The molecule has 1 atom stereocenters. The molecule has 1 saturated carbocycles. The molecule has 6 rings (SSSR count). The average molecular weight is 569 g/mol. The fourth-order valence-electron chi connectivity index (χ4n) is 5.37. The van der Waals surface area contributed by atoms with Gasteiger partial charge >= 0.3 is 6.09 Å². The van der Waals surface area contributed by atoms with Gasteiger partial charge in [0, 0.05) is 37.9 Å². The summed E-state index contributed by atoms with van der Waals surface area (Å²) in [6.07, 6.45) is 7.10. The van der Waals surface area contributed by atoms with Gasteiger partial charge in [0.25, 0.3) is 5.89 Å². The number of pyridine rings is 1. The van der Waals surface area contributed by atoms with Gasteiger partial charge in [-0.2, -0.15) is 4.98 Å². The predicted molar refractivity (Wildman–Crippen MR) is 159 cm³/mol. The summed E-state index contributed by atoms with van der Waals surface area (Å²) in [4.78, 5) is 34.4. The van der Waals surface area contributed by atoms with Crippen LogP contribution < -0.4 is 10.6 Å². The van der Waals surface area contributed by atoms with Gasteiger partial charge in [0.2, 0.25) is 0 Å². The molecule has 1 aromatic carbocycles. The number of nitrogen functional groups attached to an aromatic ring is 1. The number of rotatable bonds is 6. The molecule has 1 amide bonds. The first-order valence-electron chi connectivity index (χ1n) is 14.3. The van der Waals surface area contributed by atoms with Crippen LogP contribution in [0.5, 0.6) is 0 Å². The Bertz CT molecular complexity index is 1540. The zero-order valence-corrected chi connectivity index (χ0v) is 24.4. The van der Waals surface area contributed by atoms with Gasteiger partial charge in [-0.15, -0.1) is 0 Å². The molecule has 0 radical (unpaired) electrons. The fraction of sp³-hybridized carbons (Fsp3) is 0.419. The summed E-state index contributed by atoms with van der Waals surface area (Å²) < 4.78 is 11.2. The van der Waals surface area contributed by atoms with E-state index in [-0.39, 0.29) is 11.5 Å². The summed E-state index contributed by atoms with van der Waals surface area (Å²) in [5.41, 5.74) is 8.58. The second-order valence-corrected chi connectivity index (χ2v) is 12.2. The van der Waals surface area contributed by atoms with Crippen LogP contribution in [-0.2, 0) is 10.2 Å². The standard InChI is InChI=1S/C31H36N8O3/c1-30(2,3)41-29(40)39-15-13-38(14-16-39)26-19-33-24(18-35-26)27-36-28(37-42-27)31(4,23-10-11-23)22-8-5-20(6-9-22)21-7-12-25(32)34-17-21/h5-9,12,17-19,23H,10-11,13-16H2,1-4H3,(H2,32,34)/t31-/m1/s1. The Morgan fingerprint density at radius 3 is 2.21 bits per heavy atom. The summed E-state index contributed by atoms with van der Waals surface area (Å²) in [6, 6.07) is 12.2. The van der Waals surface area contributed by atoms with Gasteiger partial charge in [-0.1, -0.05) is 29.4 Å². The molecule has 11 heteroatoms. The Hall–Kier alpha value is -4.54. The molecule has 1 saturated heterocycles. The van der Waals surface area contributed by atoms with E-state index < -0.39 is 5.60 Å². The van der Waals surface area contributed by atoms with Crippen LogP contribution in [0.15, 0.2) is 59.5 Å². The highest BCUT2D eigenvalue weighted by Gasteiger charge is 2.47. The molecule has 218 valence electrons. The SMILES string of the molecule is CC(C)(C)OC(=O)N1CCN(c2cnc(-c3nc([C@](C)(c4ccc(-c5ccc(N)nc5)cc4)C4CC4)no3)cn2)CC1. The second-order valence-electron chi connectivity index (χ2n) is 12.2. The molecule has 1 aliphatic heterocycles. The molecular formula is C31H36N8O3. The van der Waals surface area contributed by atoms with Crippen molar-refractivity contribution in [2.24, 2.45) is 5.92 Å². The number of benzene rings is 1. The van der Waals surface area contributed by atoms with E-state index in [1.54, 1.807) is 29.6 Å². The average Bonchev–Trinajstić information content (AvgIpc) is 3.73. The summed E-state index contributed by atoms with van der Waals surface area (Å²) in [6.45, 7) is 10.2. The summed E-state index contributed by atoms with van der Waals surface area (Å²) in [7, 11) is 0. The van der Waals surface area contributed by atoms with E-state index in [1.165, 1.54) is 0 Å². The lowest BCUT2D eigenvalue weighted by atomic mass is 9.76. The Morgan fingerprint density at radius 1 is 0.905 bits per heavy atom. The van der Waals surface area contributed by atoms with Gasteiger partial charge in [-0.05, 0) is 69.7 Å². The van der Waals surface area contributed by atoms with Crippen LogP contribution in [0.4, 0.5) is 16.4 Å². The van der Waals surface area contributed by atoms with Gasteiger partial charge < -0.3 is 24.8 Å². The number of piperazine rings is 1. The lowest BCUT2D eigenvalue weighted by Crippen LogP contribution is -2.50. The van der Waals surface area contributed by atoms with Gasteiger partial charge in [-0.25, -0.2) is 19.7 Å². The molecule has 0 spiro atoms. The monoisotopic (exact) mass is 568 g/mol. The lowest BCUT2D eigenvalue weighted by molar-refractivity contribution is 0.0240. The van der Waals surface area contributed by atoms with E-state index in [4.69, 9.17) is 20.0 Å². The second kappa shape index (κ2) is 10.7. The van der Waals surface area contributed by atoms with Crippen molar-refractivity contribution in [3.8, 4) is 22.7 Å². The predicted octanol–water partition coefficient (Wildman–Crippen LogP) is 4.94. The molecule has 2 aliphatic rings. The maximum absolute atomic E-state index is 12.4. The number of hydrogen-bond donors (Lipinski definition) is 1. The molecule has 2 N–H and O–H groups in total. The smallest absolute Gasteiger partial charge is 0.410 e. The molecule has 42 heavy (non-hydrogen) atoms. The molecular weight excluding hydrogens is 532 g/mol. The number of nitrogens with zero attached hydrogens (tertiary/aromatic N) is 7. The molecule has 11 nitrogen and oxygen atoms in total. The third-order valence-corrected chi connectivity index (χ3v) is 8.00. The van der Waals surface area contributed by atoms with Gasteiger partial charge in [-0.3, -0.25) is 0 Å². The maximum atomic E-state index is 12.4. The summed E-state index contributed by atoms with van der Waals surface area (Å²) in [5, 5.41) is 4.42. The summed E-state index contributed by atoms with van der Waals surface area (Å²) >= 11 is 0. The van der Waals surface area contributed by atoms with Crippen molar-refractivity contribution in [1.29, 1.82) is 0 Å². The zero-order valence-electron chi connectivity index (χ0n) is 24.4. The van der Waals surface area contributed by atoms with Crippen molar-refractivity contribution in [2.75, 3.05) is 36.8 Å². The molecule has 4 heterocycles. The number of amides is 1. The van der Waals surface area contributed by atoms with Crippen LogP contribution in [0.2, 0.25) is 0 Å². The van der Waals surface area contributed by atoms with Gasteiger partial charge in [0.05, 0.1) is 17.8 Å². The van der Waals surface area contributed by atoms with Crippen LogP contribution in [0.25, 0.3) is 22.7 Å². The lowest BCUT2D eigenvalue weighted by Gasteiger charge is -2.36. The first-order chi connectivity index (χ1) is 20.1. The van der Waals surface area contributed by atoms with Crippen molar-refractivity contribution in [3.63, 3.8) is 0 Å². The molecule has 1 aliphatic carbocycles. The Morgan fingerprint density at radius 2 is 1.62 bits per heavy atom. The highest BCUT2D eigenvalue weighted by Crippen LogP contribution is 2.50. The molecule has 2 fully saturated rings. The quantitative estimate of drug-likeness (QED) is 0.340. The van der Waals surface area contributed by atoms with Crippen molar-refractivity contribution >= 4 is 17.7 Å². The highest BCUT2D eigenvalue weighted by atomic mass is 16.6. The van der Waals surface area contributed by atoms with Crippen molar-refractivity contribution in [3.05, 3.63) is 66.4 Å². The normalized spacial score (nSPS) is 17.1. The van der Waals surface area contributed by atoms with E-state index in [1.807, 2.05) is 26.8 Å². The van der Waals surface area contributed by atoms with Crippen molar-refractivity contribution in [2.45, 2.75) is 51.6 Å². The van der Waals surface area contributed by atoms with E-state index in [0.29, 0.717) is 55.3 Å². The van der Waals surface area contributed by atoms with Crippen molar-refractivity contribution < 1.29 is 14.1 Å². The van der Waals surface area contributed by atoms with Gasteiger partial charge in [0.1, 0.15) is 22.9 Å². The van der Waals surface area contributed by atoms with Crippen molar-refractivity contribution in [1.82, 2.24) is 30.0 Å². The number of ether oxygens (including phenoxy) is 1. The number of carbonyl (C=O) groups is 1. The Labute approximate surface area is 245 Å². The first-order valence-corrected chi connectivity index (χ1v) is 14.3. The largest absolute Gasteiger partial charge is 0.444 e. The first kappa shape index (κ1) is 27.6.